The van der Waals surface area contributed by atoms with Crippen molar-refractivity contribution in [1.82, 2.24) is 0 Å². The van der Waals surface area contributed by atoms with Gasteiger partial charge in [-0.3, -0.25) is 9.59 Å². The van der Waals surface area contributed by atoms with Gasteiger partial charge in [0.2, 0.25) is 0 Å². The van der Waals surface area contributed by atoms with Gasteiger partial charge >= 0.3 is 0 Å². The summed E-state index contributed by atoms with van der Waals surface area (Å²) in [6.07, 6.45) is 4.59. The minimum Gasteiger partial charge on any atom is -0.451 e. The molecular weight excluding hydrogens is 404 g/mol. The van der Waals surface area contributed by atoms with Crippen LogP contribution in [0.25, 0.3) is 31.7 Å². The van der Waals surface area contributed by atoms with Crippen molar-refractivity contribution in [2.75, 3.05) is 0 Å². The molecule has 1 aliphatic carbocycles. The van der Waals surface area contributed by atoms with E-state index in [0.29, 0.717) is 11.5 Å². The minimum atomic E-state index is 0.416. The molecule has 148 valence electrons. The predicted octanol–water partition coefficient (Wildman–Crippen LogP) is 7.26. The molecule has 0 N–H and O–H groups in total. The number of allylic oxidation sites excluding steroid dienone is 2. The van der Waals surface area contributed by atoms with Gasteiger partial charge in [-0.1, -0.05) is 0 Å². The first kappa shape index (κ1) is 18.6. The number of hydrogen-bond acceptors (Lipinski definition) is 6. The third-order valence-corrected chi connectivity index (χ3v) is 8.37. The lowest BCUT2D eigenvalue weighted by atomic mass is 9.97. The van der Waals surface area contributed by atoms with Gasteiger partial charge in [-0.25, -0.2) is 0 Å². The molecule has 0 saturated heterocycles. The molecule has 0 spiro atoms. The van der Waals surface area contributed by atoms with Gasteiger partial charge < -0.3 is 8.83 Å². The zero-order valence-electron chi connectivity index (χ0n) is 16.7. The number of carbonyl (C=O) groups is 2. The van der Waals surface area contributed by atoms with Crippen LogP contribution in [-0.4, -0.2) is 12.6 Å². The molecule has 5 rings (SSSR count). The van der Waals surface area contributed by atoms with E-state index in [-0.39, 0.29) is 0 Å². The molecule has 0 amide bonds. The first-order valence-electron chi connectivity index (χ1n) is 9.64. The van der Waals surface area contributed by atoms with Crippen LogP contribution in [0.4, 0.5) is 0 Å². The SMILES string of the molecule is Cc1sc2c(C)c(C=O)oc2c1C1=C(c2c(C)sc3c(C)c(C=O)oc23)CCC1. The Morgan fingerprint density at radius 3 is 1.52 bits per heavy atom. The van der Waals surface area contributed by atoms with Gasteiger partial charge in [0.05, 0.1) is 9.40 Å². The van der Waals surface area contributed by atoms with Crippen molar-refractivity contribution in [3.05, 3.63) is 43.5 Å². The van der Waals surface area contributed by atoms with Crippen LogP contribution >= 0.6 is 22.7 Å². The summed E-state index contributed by atoms with van der Waals surface area (Å²) in [7, 11) is 0. The quantitative estimate of drug-likeness (QED) is 0.324. The van der Waals surface area contributed by atoms with Crippen molar-refractivity contribution in [2.45, 2.75) is 47.0 Å². The summed E-state index contributed by atoms with van der Waals surface area (Å²) in [5, 5.41) is 0. The van der Waals surface area contributed by atoms with Crippen LogP contribution in [0.1, 0.15) is 72.4 Å². The standard InChI is InChI=1S/C23H20O4S2/c1-10-16(8-24)26-20-18(12(3)28-22(10)20)14-6-5-7-15(14)19-13(4)29-23-11(2)17(9-25)27-21(19)23/h8-9H,5-7H2,1-4H3. The fourth-order valence-electron chi connectivity index (χ4n) is 4.55. The average Bonchev–Trinajstić information content (AvgIpc) is 3.47. The Hall–Kier alpha value is -2.44. The molecule has 0 bridgehead atoms. The summed E-state index contributed by atoms with van der Waals surface area (Å²) < 4.78 is 14.1. The molecule has 4 aromatic rings. The van der Waals surface area contributed by atoms with Crippen LogP contribution in [0.5, 0.6) is 0 Å². The van der Waals surface area contributed by atoms with Crippen molar-refractivity contribution in [3.63, 3.8) is 0 Å². The molecule has 1 aliphatic rings. The second-order valence-corrected chi connectivity index (χ2v) is 10.1. The number of aryl methyl sites for hydroxylation is 4. The predicted molar refractivity (Wildman–Crippen MR) is 119 cm³/mol. The van der Waals surface area contributed by atoms with Crippen molar-refractivity contribution in [1.29, 1.82) is 0 Å². The lowest BCUT2D eigenvalue weighted by Gasteiger charge is -2.08. The Morgan fingerprint density at radius 2 is 1.14 bits per heavy atom. The van der Waals surface area contributed by atoms with Crippen molar-refractivity contribution < 1.29 is 18.4 Å². The van der Waals surface area contributed by atoms with Gasteiger partial charge in [0.15, 0.2) is 35.3 Å². The number of furan rings is 2. The van der Waals surface area contributed by atoms with Gasteiger partial charge in [0.1, 0.15) is 0 Å². The van der Waals surface area contributed by atoms with E-state index in [2.05, 4.69) is 13.8 Å². The third kappa shape index (κ3) is 2.49. The van der Waals surface area contributed by atoms with Crippen LogP contribution in [0.2, 0.25) is 0 Å². The highest BCUT2D eigenvalue weighted by Crippen LogP contribution is 2.50. The van der Waals surface area contributed by atoms with E-state index in [9.17, 15) is 9.59 Å². The molecule has 4 nitrogen and oxygen atoms in total. The second kappa shape index (κ2) is 6.54. The Morgan fingerprint density at radius 1 is 0.724 bits per heavy atom. The molecule has 0 atom stereocenters. The molecule has 0 aliphatic heterocycles. The van der Waals surface area contributed by atoms with E-state index >= 15 is 0 Å². The van der Waals surface area contributed by atoms with Crippen molar-refractivity contribution in [3.8, 4) is 0 Å². The Labute approximate surface area is 175 Å². The van der Waals surface area contributed by atoms with Crippen LogP contribution in [0.3, 0.4) is 0 Å². The first-order chi connectivity index (χ1) is 14.0. The molecule has 4 heterocycles. The van der Waals surface area contributed by atoms with Crippen molar-refractivity contribution in [2.24, 2.45) is 0 Å². The highest BCUT2D eigenvalue weighted by Gasteiger charge is 2.29. The summed E-state index contributed by atoms with van der Waals surface area (Å²) in [6, 6.07) is 0. The zero-order valence-corrected chi connectivity index (χ0v) is 18.4. The van der Waals surface area contributed by atoms with E-state index in [4.69, 9.17) is 8.83 Å². The third-order valence-electron chi connectivity index (χ3n) is 5.96. The number of thiophene rings is 2. The van der Waals surface area contributed by atoms with Gasteiger partial charge in [-0.05, 0) is 58.1 Å². The Bertz CT molecular complexity index is 1250. The fourth-order valence-corrected chi connectivity index (χ4v) is 6.78. The number of fused-ring (bicyclic) bond motifs is 2. The van der Waals surface area contributed by atoms with Crippen LogP contribution in [-0.2, 0) is 0 Å². The van der Waals surface area contributed by atoms with Crippen LogP contribution < -0.4 is 0 Å². The maximum absolute atomic E-state index is 11.4. The first-order valence-corrected chi connectivity index (χ1v) is 11.3. The second-order valence-electron chi connectivity index (χ2n) is 7.61. The highest BCUT2D eigenvalue weighted by atomic mass is 32.1. The maximum Gasteiger partial charge on any atom is 0.185 e. The summed E-state index contributed by atoms with van der Waals surface area (Å²) in [5.74, 6) is 0.832. The number of hydrogen-bond donors (Lipinski definition) is 0. The monoisotopic (exact) mass is 424 g/mol. The van der Waals surface area contributed by atoms with E-state index in [1.54, 1.807) is 22.7 Å². The minimum absolute atomic E-state index is 0.416. The molecular formula is C23H20O4S2. The summed E-state index contributed by atoms with van der Waals surface area (Å²) in [5.41, 5.74) is 8.32. The van der Waals surface area contributed by atoms with E-state index in [1.807, 2.05) is 13.8 Å². The van der Waals surface area contributed by atoms with Crippen LogP contribution in [0.15, 0.2) is 8.83 Å². The smallest absolute Gasteiger partial charge is 0.185 e. The van der Waals surface area contributed by atoms with Gasteiger partial charge in [0, 0.05) is 32.0 Å². The Balaban J connectivity index is 1.81. The maximum atomic E-state index is 11.4. The van der Waals surface area contributed by atoms with Crippen LogP contribution in [0, 0.1) is 27.7 Å². The molecule has 29 heavy (non-hydrogen) atoms. The number of aldehydes is 2. The van der Waals surface area contributed by atoms with Crippen molar-refractivity contribution >= 4 is 67.0 Å². The lowest BCUT2D eigenvalue weighted by Crippen LogP contribution is -1.88. The van der Waals surface area contributed by atoms with E-state index < -0.39 is 0 Å². The van der Waals surface area contributed by atoms with Gasteiger partial charge in [-0.2, -0.15) is 0 Å². The fraction of sp³-hybridized carbons (Fsp3) is 0.304. The lowest BCUT2D eigenvalue weighted by molar-refractivity contribution is 0.109. The summed E-state index contributed by atoms with van der Waals surface area (Å²) >= 11 is 3.38. The topological polar surface area (TPSA) is 60.4 Å². The normalized spacial score (nSPS) is 14.6. The largest absolute Gasteiger partial charge is 0.451 e. The molecule has 0 radical (unpaired) electrons. The Kier molecular flexibility index (Phi) is 4.19. The van der Waals surface area contributed by atoms with Gasteiger partial charge in [-0.15, -0.1) is 22.7 Å². The van der Waals surface area contributed by atoms with Gasteiger partial charge in [0.25, 0.3) is 0 Å². The summed E-state index contributed by atoms with van der Waals surface area (Å²) in [6.45, 7) is 8.13. The van der Waals surface area contributed by atoms with E-state index in [0.717, 1.165) is 74.7 Å². The molecule has 4 aromatic heterocycles. The number of rotatable bonds is 4. The van der Waals surface area contributed by atoms with E-state index in [1.165, 1.54) is 20.9 Å². The number of carbonyl (C=O) groups excluding carboxylic acids is 2. The molecule has 0 fully saturated rings. The molecule has 0 unspecified atom stereocenters. The molecule has 6 heteroatoms. The zero-order chi connectivity index (χ0) is 20.4. The molecule has 0 saturated carbocycles. The average molecular weight is 425 g/mol. The summed E-state index contributed by atoms with van der Waals surface area (Å²) in [4.78, 5) is 25.2. The highest BCUT2D eigenvalue weighted by molar-refractivity contribution is 7.20. The molecule has 0 aromatic carbocycles.